The Kier molecular flexibility index (Phi) is 7.97. The van der Waals surface area contributed by atoms with Crippen LogP contribution in [0.2, 0.25) is 0 Å². The van der Waals surface area contributed by atoms with Crippen LogP contribution in [-0.2, 0) is 6.54 Å². The molecule has 0 bridgehead atoms. The molecule has 0 saturated carbocycles. The summed E-state index contributed by atoms with van der Waals surface area (Å²) in [6, 6.07) is 9.90. The van der Waals surface area contributed by atoms with Gasteiger partial charge in [-0.1, -0.05) is 30.3 Å². The largest absolute Gasteiger partial charge is 0.414 e. The third-order valence-electron chi connectivity index (χ3n) is 4.17. The molecule has 0 radical (unpaired) electrons. The van der Waals surface area contributed by atoms with Crippen LogP contribution < -0.4 is 5.32 Å². The second kappa shape index (κ2) is 9.50. The normalized spacial score (nSPS) is 12.0. The predicted molar refractivity (Wildman–Crippen MR) is 98.5 cm³/mol. The third-order valence-corrected chi connectivity index (χ3v) is 4.17. The van der Waals surface area contributed by atoms with Gasteiger partial charge in [0, 0.05) is 12.2 Å². The Labute approximate surface area is 157 Å². The molecule has 1 heterocycles. The maximum atomic E-state index is 12.4. The first kappa shape index (κ1) is 22.6. The van der Waals surface area contributed by atoms with Crippen molar-refractivity contribution in [3.05, 3.63) is 64.0 Å². The van der Waals surface area contributed by atoms with Gasteiger partial charge in [-0.2, -0.15) is 13.2 Å². The molecule has 1 unspecified atom stereocenters. The van der Waals surface area contributed by atoms with Crippen molar-refractivity contribution in [3.63, 3.8) is 0 Å². The first-order valence-electron chi connectivity index (χ1n) is 8.46. The zero-order chi connectivity index (χ0) is 20.8. The third kappa shape index (κ3) is 6.67. The second-order valence-electron chi connectivity index (χ2n) is 6.29. The van der Waals surface area contributed by atoms with Crippen molar-refractivity contribution >= 4 is 5.91 Å². The number of amides is 1. The highest BCUT2D eigenvalue weighted by molar-refractivity contribution is 5.97. The van der Waals surface area contributed by atoms with Crippen LogP contribution in [0.15, 0.2) is 30.3 Å². The molecular formula is C20H25F3N2O2. The molecule has 2 rings (SSSR count). The summed E-state index contributed by atoms with van der Waals surface area (Å²) >= 11 is 0. The van der Waals surface area contributed by atoms with Gasteiger partial charge < -0.3 is 10.4 Å². The first-order chi connectivity index (χ1) is 12.4. The maximum absolute atomic E-state index is 12.4. The molecule has 1 aromatic carbocycles. The predicted octanol–water partition coefficient (Wildman–Crippen LogP) is 4.17. The van der Waals surface area contributed by atoms with Gasteiger partial charge in [0.2, 0.25) is 0 Å². The lowest BCUT2D eigenvalue weighted by molar-refractivity contribution is -0.197. The smallest absolute Gasteiger partial charge is 0.384 e. The highest BCUT2D eigenvalue weighted by Crippen LogP contribution is 2.19. The highest BCUT2D eigenvalue weighted by atomic mass is 19.4. The average molecular weight is 382 g/mol. The maximum Gasteiger partial charge on any atom is 0.414 e. The van der Waals surface area contributed by atoms with Gasteiger partial charge in [-0.25, -0.2) is 0 Å². The van der Waals surface area contributed by atoms with E-state index in [2.05, 4.69) is 10.3 Å². The Morgan fingerprint density at radius 2 is 1.59 bits per heavy atom. The number of aliphatic hydroxyl groups excluding tert-OH is 1. The number of pyridine rings is 1. The summed E-state index contributed by atoms with van der Waals surface area (Å²) in [4.78, 5) is 16.8. The number of nitrogens with zero attached hydrogens (tertiary/aromatic N) is 1. The zero-order valence-electron chi connectivity index (χ0n) is 16.1. The number of aromatic nitrogens is 1. The molecule has 2 N–H and O–H groups in total. The van der Waals surface area contributed by atoms with Crippen molar-refractivity contribution in [2.24, 2.45) is 0 Å². The van der Waals surface area contributed by atoms with E-state index in [4.69, 9.17) is 5.11 Å². The van der Waals surface area contributed by atoms with E-state index < -0.39 is 12.3 Å². The van der Waals surface area contributed by atoms with E-state index in [1.54, 1.807) is 0 Å². The van der Waals surface area contributed by atoms with Crippen LogP contribution in [0.25, 0.3) is 0 Å². The Morgan fingerprint density at radius 3 is 2.07 bits per heavy atom. The minimum absolute atomic E-state index is 0.0561. The van der Waals surface area contributed by atoms with Crippen LogP contribution in [0.3, 0.4) is 0 Å². The Morgan fingerprint density at radius 1 is 1.07 bits per heavy atom. The van der Waals surface area contributed by atoms with Crippen molar-refractivity contribution < 1.29 is 23.1 Å². The minimum Gasteiger partial charge on any atom is -0.384 e. The van der Waals surface area contributed by atoms with Crippen molar-refractivity contribution in [1.29, 1.82) is 0 Å². The number of rotatable bonds is 3. The van der Waals surface area contributed by atoms with Gasteiger partial charge in [0.15, 0.2) is 0 Å². The van der Waals surface area contributed by atoms with Crippen LogP contribution in [0.4, 0.5) is 13.2 Å². The lowest BCUT2D eigenvalue weighted by atomic mass is 10.0. The molecule has 1 amide bonds. The summed E-state index contributed by atoms with van der Waals surface area (Å²) in [5.41, 5.74) is 5.66. The van der Waals surface area contributed by atoms with Gasteiger partial charge in [0.1, 0.15) is 6.10 Å². The zero-order valence-corrected chi connectivity index (χ0v) is 16.1. The van der Waals surface area contributed by atoms with Crippen molar-refractivity contribution in [2.75, 3.05) is 0 Å². The SMILES string of the molecule is CC(O)C(F)(F)F.Cc1nc(C)c(C(=O)NCc2ccccc2)c(C)c1C. The molecular weight excluding hydrogens is 357 g/mol. The van der Waals surface area contributed by atoms with Gasteiger partial charge >= 0.3 is 6.18 Å². The quantitative estimate of drug-likeness (QED) is 0.837. The average Bonchev–Trinajstić information content (AvgIpc) is 2.58. The Hall–Kier alpha value is -2.41. The molecule has 1 atom stereocenters. The molecule has 1 aromatic heterocycles. The number of benzene rings is 1. The lowest BCUT2D eigenvalue weighted by Gasteiger charge is -2.14. The number of hydrogen-bond acceptors (Lipinski definition) is 3. The van der Waals surface area contributed by atoms with Crippen LogP contribution in [0.1, 0.15) is 45.4 Å². The summed E-state index contributed by atoms with van der Waals surface area (Å²) in [5.74, 6) is -0.0561. The van der Waals surface area contributed by atoms with Crippen LogP contribution in [0.5, 0.6) is 0 Å². The molecule has 0 aliphatic carbocycles. The number of carbonyl (C=O) groups is 1. The summed E-state index contributed by atoms with van der Waals surface area (Å²) < 4.78 is 32.8. The van der Waals surface area contributed by atoms with Crippen LogP contribution >= 0.6 is 0 Å². The Balaban J connectivity index is 0.000000445. The van der Waals surface area contributed by atoms with E-state index in [0.29, 0.717) is 19.0 Å². The van der Waals surface area contributed by atoms with Crippen molar-refractivity contribution in [1.82, 2.24) is 10.3 Å². The second-order valence-corrected chi connectivity index (χ2v) is 6.29. The summed E-state index contributed by atoms with van der Waals surface area (Å²) in [6.45, 7) is 9.06. The van der Waals surface area contributed by atoms with Crippen LogP contribution in [0, 0.1) is 27.7 Å². The molecule has 7 heteroatoms. The van der Waals surface area contributed by atoms with Gasteiger partial charge in [-0.05, 0) is 51.3 Å². The van der Waals surface area contributed by atoms with Gasteiger partial charge in [0.25, 0.3) is 5.91 Å². The number of carbonyl (C=O) groups excluding carboxylic acids is 1. The van der Waals surface area contributed by atoms with E-state index in [1.165, 1.54) is 0 Å². The van der Waals surface area contributed by atoms with Crippen molar-refractivity contribution in [2.45, 2.75) is 53.4 Å². The van der Waals surface area contributed by atoms with Gasteiger partial charge in [-0.15, -0.1) is 0 Å². The van der Waals surface area contributed by atoms with Crippen molar-refractivity contribution in [3.8, 4) is 0 Å². The van der Waals surface area contributed by atoms with E-state index in [9.17, 15) is 18.0 Å². The summed E-state index contributed by atoms with van der Waals surface area (Å²) in [5, 5.41) is 10.7. The van der Waals surface area contributed by atoms with E-state index in [0.717, 1.165) is 28.1 Å². The van der Waals surface area contributed by atoms with E-state index in [1.807, 2.05) is 58.0 Å². The highest BCUT2D eigenvalue weighted by Gasteiger charge is 2.33. The fourth-order valence-corrected chi connectivity index (χ4v) is 2.32. The lowest BCUT2D eigenvalue weighted by Crippen LogP contribution is -2.25. The minimum atomic E-state index is -4.44. The molecule has 27 heavy (non-hydrogen) atoms. The summed E-state index contributed by atoms with van der Waals surface area (Å²) in [6.07, 6.45) is -6.65. The number of hydrogen-bond donors (Lipinski definition) is 2. The monoisotopic (exact) mass is 382 g/mol. The Bertz CT molecular complexity index is 773. The summed E-state index contributed by atoms with van der Waals surface area (Å²) in [7, 11) is 0. The molecule has 148 valence electrons. The first-order valence-corrected chi connectivity index (χ1v) is 8.46. The number of aliphatic hydroxyl groups is 1. The standard InChI is InChI=1S/C17H20N2O.C3H5F3O/c1-11-12(2)16(14(4)19-13(11)3)17(20)18-10-15-8-6-5-7-9-15;1-2(7)3(4,5)6/h5-9H,10H2,1-4H3,(H,18,20);2,7H,1H3. The molecule has 4 nitrogen and oxygen atoms in total. The molecule has 0 saturated heterocycles. The van der Waals surface area contributed by atoms with E-state index in [-0.39, 0.29) is 5.91 Å². The molecule has 0 aliphatic heterocycles. The number of halogens is 3. The topological polar surface area (TPSA) is 62.2 Å². The number of nitrogens with one attached hydrogen (secondary N) is 1. The molecule has 0 aliphatic rings. The fourth-order valence-electron chi connectivity index (χ4n) is 2.32. The van der Waals surface area contributed by atoms with E-state index >= 15 is 0 Å². The number of aryl methyl sites for hydroxylation is 2. The fraction of sp³-hybridized carbons (Fsp3) is 0.400. The molecule has 0 fully saturated rings. The van der Waals surface area contributed by atoms with Gasteiger partial charge in [-0.3, -0.25) is 9.78 Å². The van der Waals surface area contributed by atoms with Gasteiger partial charge in [0.05, 0.1) is 11.3 Å². The molecule has 2 aromatic rings. The van der Waals surface area contributed by atoms with Crippen LogP contribution in [-0.4, -0.2) is 28.3 Å². The number of alkyl halides is 3. The molecule has 0 spiro atoms.